The zero-order chi connectivity index (χ0) is 39.9. The van der Waals surface area contributed by atoms with Gasteiger partial charge in [-0.1, -0.05) is 158 Å². The van der Waals surface area contributed by atoms with Gasteiger partial charge in [0.2, 0.25) is 0 Å². The minimum absolute atomic E-state index is 0.227. The van der Waals surface area contributed by atoms with Gasteiger partial charge in [0.1, 0.15) is 0 Å². The van der Waals surface area contributed by atoms with Crippen molar-refractivity contribution in [3.63, 3.8) is 0 Å². The van der Waals surface area contributed by atoms with Crippen LogP contribution in [0.3, 0.4) is 0 Å². The van der Waals surface area contributed by atoms with Gasteiger partial charge in [0.15, 0.2) is 0 Å². The Kier molecular flexibility index (Phi) is 11.1. The van der Waals surface area contributed by atoms with Gasteiger partial charge in [-0.2, -0.15) is 11.3 Å². The lowest BCUT2D eigenvalue weighted by atomic mass is 9.62. The molecule has 0 atom stereocenters. The van der Waals surface area contributed by atoms with E-state index in [-0.39, 0.29) is 21.7 Å². The lowest BCUT2D eigenvalue weighted by molar-refractivity contribution is 0.332. The molecule has 2 heterocycles. The average Bonchev–Trinajstić information content (AvgIpc) is 3.91. The molecule has 0 nitrogen and oxygen atoms in total. The van der Waals surface area contributed by atoms with E-state index in [2.05, 4.69) is 201 Å². The molecule has 2 aliphatic rings. The van der Waals surface area contributed by atoms with Crippen LogP contribution >= 0.6 is 22.7 Å². The maximum Gasteiger partial charge on any atom is 0.0348 e. The Hall–Kier alpha value is -4.24. The first-order chi connectivity index (χ1) is 26.5. The third-order valence-corrected chi connectivity index (χ3v) is 14.3. The van der Waals surface area contributed by atoms with Gasteiger partial charge in [-0.05, 0) is 163 Å². The van der Waals surface area contributed by atoms with E-state index in [0.29, 0.717) is 0 Å². The summed E-state index contributed by atoms with van der Waals surface area (Å²) < 4.78 is 0. The summed E-state index contributed by atoms with van der Waals surface area (Å²) in [5, 5.41) is 6.63. The lowest BCUT2D eigenvalue weighted by Crippen LogP contribution is -2.34. The normalized spacial score (nSPS) is 17.6. The van der Waals surface area contributed by atoms with Crippen LogP contribution in [-0.4, -0.2) is 0 Å². The van der Waals surface area contributed by atoms with Gasteiger partial charge in [0.25, 0.3) is 0 Å². The van der Waals surface area contributed by atoms with E-state index in [0.717, 1.165) is 0 Å². The Balaban J connectivity index is 0.000000172. The van der Waals surface area contributed by atoms with E-state index < -0.39 is 0 Å². The summed E-state index contributed by atoms with van der Waals surface area (Å²) >= 11 is 3.60. The summed E-state index contributed by atoms with van der Waals surface area (Å²) in [7, 11) is 0. The first kappa shape index (κ1) is 40.0. The first-order valence-corrected chi connectivity index (χ1v) is 22.3. The zero-order valence-electron chi connectivity index (χ0n) is 35.3. The fraction of sp³-hybridized carbons (Fsp3) is 0.333. The molecular formula is C54H60S2. The van der Waals surface area contributed by atoms with Crippen molar-refractivity contribution < 1.29 is 0 Å². The van der Waals surface area contributed by atoms with Gasteiger partial charge in [0.05, 0.1) is 0 Å². The lowest BCUT2D eigenvalue weighted by Gasteiger charge is -2.42. The van der Waals surface area contributed by atoms with Gasteiger partial charge in [-0.25, -0.2) is 0 Å². The summed E-state index contributed by atoms with van der Waals surface area (Å²) in [5.74, 6) is 0. The Labute approximate surface area is 346 Å². The number of thiophene rings is 2. The first-order valence-electron chi connectivity index (χ1n) is 20.5. The molecule has 2 aromatic heterocycles. The van der Waals surface area contributed by atoms with E-state index in [9.17, 15) is 0 Å². The molecule has 288 valence electrons. The van der Waals surface area contributed by atoms with Crippen molar-refractivity contribution in [3.8, 4) is 21.6 Å². The maximum atomic E-state index is 2.48. The Morgan fingerprint density at radius 3 is 1.30 bits per heavy atom. The zero-order valence-corrected chi connectivity index (χ0v) is 37.0. The Morgan fingerprint density at radius 1 is 0.464 bits per heavy atom. The molecule has 0 aliphatic heterocycles. The van der Waals surface area contributed by atoms with Crippen LogP contribution in [0.4, 0.5) is 0 Å². The molecule has 0 N–H and O–H groups in total. The topological polar surface area (TPSA) is 0 Å². The van der Waals surface area contributed by atoms with E-state index in [4.69, 9.17) is 0 Å². The molecule has 56 heavy (non-hydrogen) atoms. The second kappa shape index (κ2) is 15.6. The predicted octanol–water partition coefficient (Wildman–Crippen LogP) is 16.5. The van der Waals surface area contributed by atoms with Crippen LogP contribution in [0.2, 0.25) is 0 Å². The van der Waals surface area contributed by atoms with Crippen LogP contribution in [0.15, 0.2) is 107 Å². The monoisotopic (exact) mass is 772 g/mol. The second-order valence-corrected chi connectivity index (χ2v) is 20.7. The largest absolute Gasteiger partial charge is 0.152 e. The third kappa shape index (κ3) is 8.53. The summed E-state index contributed by atoms with van der Waals surface area (Å²) in [6, 6.07) is 34.0. The van der Waals surface area contributed by atoms with Crippen molar-refractivity contribution in [3.05, 3.63) is 163 Å². The van der Waals surface area contributed by atoms with Crippen LogP contribution in [0, 0.1) is 13.8 Å². The van der Waals surface area contributed by atoms with Crippen molar-refractivity contribution in [2.45, 2.75) is 117 Å². The van der Waals surface area contributed by atoms with Gasteiger partial charge in [-0.3, -0.25) is 0 Å². The predicted molar refractivity (Wildman–Crippen MR) is 250 cm³/mol. The Morgan fingerprint density at radius 2 is 0.893 bits per heavy atom. The fourth-order valence-corrected chi connectivity index (χ4v) is 10.00. The smallest absolute Gasteiger partial charge is 0.0348 e. The van der Waals surface area contributed by atoms with E-state index in [1.165, 1.54) is 103 Å². The molecule has 0 spiro atoms. The highest BCUT2D eigenvalue weighted by Gasteiger charge is 2.39. The number of hydrogen-bond donors (Lipinski definition) is 0. The van der Waals surface area contributed by atoms with E-state index >= 15 is 0 Å². The van der Waals surface area contributed by atoms with Crippen LogP contribution < -0.4 is 0 Å². The number of hydrogen-bond acceptors (Lipinski definition) is 2. The minimum atomic E-state index is 0.227. The molecule has 0 fully saturated rings. The van der Waals surface area contributed by atoms with Crippen molar-refractivity contribution in [2.24, 2.45) is 0 Å². The molecule has 0 radical (unpaired) electrons. The highest BCUT2D eigenvalue weighted by Crippen LogP contribution is 2.50. The number of fused-ring (bicyclic) bond motifs is 2. The molecule has 0 amide bonds. The quantitative estimate of drug-likeness (QED) is 0.148. The van der Waals surface area contributed by atoms with E-state index in [1.54, 1.807) is 11.3 Å². The van der Waals surface area contributed by atoms with Gasteiger partial charge >= 0.3 is 0 Å². The van der Waals surface area contributed by atoms with Gasteiger partial charge < -0.3 is 0 Å². The SMILES string of the molecule is Cc1ccc(/C=C/c2cc3c(cc2-c2cccs2)C(C)(C)CCC3(C)C)cc1.Cc1ccc(/C=C/c2cc3c(cc2-c2ccsc2)C(C)(C)CCC3(C)C)cc1. The Bertz CT molecular complexity index is 2170. The molecule has 4 aromatic carbocycles. The van der Waals surface area contributed by atoms with Crippen molar-refractivity contribution in [2.75, 3.05) is 0 Å². The van der Waals surface area contributed by atoms with E-state index in [1.807, 2.05) is 11.3 Å². The molecule has 2 aliphatic carbocycles. The maximum absolute atomic E-state index is 2.48. The molecule has 0 saturated carbocycles. The summed E-state index contributed by atoms with van der Waals surface area (Å²) in [4.78, 5) is 1.35. The number of benzene rings is 4. The van der Waals surface area contributed by atoms with Crippen LogP contribution in [-0.2, 0) is 21.7 Å². The summed E-state index contributed by atoms with van der Waals surface area (Å²) in [6.07, 6.45) is 14.1. The molecule has 8 rings (SSSR count). The van der Waals surface area contributed by atoms with Crippen LogP contribution in [0.1, 0.15) is 137 Å². The molecule has 0 unspecified atom stereocenters. The van der Waals surface area contributed by atoms with Crippen LogP contribution in [0.25, 0.3) is 45.9 Å². The number of rotatable bonds is 6. The molecule has 2 heteroatoms. The summed E-state index contributed by atoms with van der Waals surface area (Å²) in [6.45, 7) is 23.5. The van der Waals surface area contributed by atoms with Crippen molar-refractivity contribution in [1.29, 1.82) is 0 Å². The molecular weight excluding hydrogens is 713 g/mol. The third-order valence-electron chi connectivity index (χ3n) is 12.7. The van der Waals surface area contributed by atoms with Gasteiger partial charge in [0, 0.05) is 4.88 Å². The van der Waals surface area contributed by atoms with Crippen molar-refractivity contribution >= 4 is 47.0 Å². The fourth-order valence-electron chi connectivity index (χ4n) is 8.58. The van der Waals surface area contributed by atoms with Crippen LogP contribution in [0.5, 0.6) is 0 Å². The van der Waals surface area contributed by atoms with Gasteiger partial charge in [-0.15, -0.1) is 11.3 Å². The molecule has 0 saturated heterocycles. The minimum Gasteiger partial charge on any atom is -0.152 e. The highest BCUT2D eigenvalue weighted by molar-refractivity contribution is 7.13. The second-order valence-electron chi connectivity index (χ2n) is 19.0. The number of aryl methyl sites for hydroxylation is 2. The molecule has 6 aromatic rings. The standard InChI is InChI=1S/2C27H30S/c1-19-6-8-20(9-7-19)10-11-21-16-24-25(17-23(21)22-12-15-28-18-22)27(4,5)14-13-26(24,2)3;1-19-8-10-20(11-9-19)12-13-21-17-23-24(18-22(21)25-7-6-16-28-25)27(4,5)15-14-26(23,2)3/h6-12,15-18H,13-14H2,1-5H3;6-13,16-18H,14-15H2,1-5H3/b11-10+;13-12+. The molecule has 0 bridgehead atoms. The summed E-state index contributed by atoms with van der Waals surface area (Å²) in [5.41, 5.74) is 18.8. The average molecular weight is 773 g/mol. The highest BCUT2D eigenvalue weighted by atomic mass is 32.1. The van der Waals surface area contributed by atoms with Crippen molar-refractivity contribution in [1.82, 2.24) is 0 Å².